The Morgan fingerprint density at radius 1 is 1.10 bits per heavy atom. The van der Waals surface area contributed by atoms with Crippen molar-refractivity contribution < 1.29 is 5.11 Å². The Labute approximate surface area is 131 Å². The highest BCUT2D eigenvalue weighted by Gasteiger charge is 2.20. The Balaban J connectivity index is 2.88. The van der Waals surface area contributed by atoms with Gasteiger partial charge in [0.15, 0.2) is 0 Å². The fourth-order valence-corrected chi connectivity index (χ4v) is 3.14. The largest absolute Gasteiger partial charge is 0.387 e. The first kappa shape index (κ1) is 18.2. The van der Waals surface area contributed by atoms with Gasteiger partial charge in [0.1, 0.15) is 0 Å². The molecule has 0 bridgehead atoms. The Hall–Kier alpha value is -0.860. The highest BCUT2D eigenvalue weighted by molar-refractivity contribution is 5.39. The molecule has 21 heavy (non-hydrogen) atoms. The number of rotatable bonds is 8. The van der Waals surface area contributed by atoms with Gasteiger partial charge in [0, 0.05) is 12.6 Å². The van der Waals surface area contributed by atoms with Crippen molar-refractivity contribution in [2.75, 3.05) is 13.1 Å². The average molecular weight is 291 g/mol. The molecule has 0 fully saturated rings. The zero-order valence-corrected chi connectivity index (χ0v) is 14.7. The molecule has 0 heterocycles. The van der Waals surface area contributed by atoms with E-state index in [0.29, 0.717) is 6.04 Å². The van der Waals surface area contributed by atoms with Crippen molar-refractivity contribution in [2.45, 2.75) is 73.0 Å². The first-order valence-electron chi connectivity index (χ1n) is 8.40. The van der Waals surface area contributed by atoms with Crippen LogP contribution in [0.1, 0.15) is 68.4 Å². The Kier molecular flexibility index (Phi) is 7.41. The number of hydrogen-bond acceptors (Lipinski definition) is 2. The maximum atomic E-state index is 10.7. The van der Waals surface area contributed by atoms with Gasteiger partial charge in [-0.25, -0.2) is 0 Å². The quantitative estimate of drug-likeness (QED) is 0.759. The lowest BCUT2D eigenvalue weighted by molar-refractivity contribution is 0.0879. The summed E-state index contributed by atoms with van der Waals surface area (Å²) in [7, 11) is 0. The molecule has 1 aromatic carbocycles. The smallest absolute Gasteiger partial charge is 0.0922 e. The summed E-state index contributed by atoms with van der Waals surface area (Å²) in [5, 5.41) is 10.7. The van der Waals surface area contributed by atoms with Crippen molar-refractivity contribution in [1.29, 1.82) is 0 Å². The van der Waals surface area contributed by atoms with Gasteiger partial charge >= 0.3 is 0 Å². The predicted octanol–water partition coefficient (Wildman–Crippen LogP) is 4.55. The average Bonchev–Trinajstić information content (AvgIpc) is 2.41. The molecule has 0 aliphatic rings. The van der Waals surface area contributed by atoms with Crippen LogP contribution < -0.4 is 0 Å². The summed E-state index contributed by atoms with van der Waals surface area (Å²) in [4.78, 5) is 2.44. The number of unbranched alkanes of at least 4 members (excludes halogenated alkanes) is 1. The normalized spacial score (nSPS) is 14.5. The highest BCUT2D eigenvalue weighted by Crippen LogP contribution is 2.25. The molecule has 2 atom stereocenters. The van der Waals surface area contributed by atoms with Crippen LogP contribution in [0, 0.1) is 20.8 Å². The zero-order chi connectivity index (χ0) is 16.0. The van der Waals surface area contributed by atoms with E-state index in [1.54, 1.807) is 0 Å². The molecule has 0 spiro atoms. The van der Waals surface area contributed by atoms with E-state index in [1.165, 1.54) is 29.5 Å². The van der Waals surface area contributed by atoms with Gasteiger partial charge in [-0.1, -0.05) is 38.0 Å². The number of aliphatic hydroxyl groups excluding tert-OH is 1. The van der Waals surface area contributed by atoms with Crippen molar-refractivity contribution in [2.24, 2.45) is 0 Å². The van der Waals surface area contributed by atoms with Gasteiger partial charge in [-0.05, 0) is 63.8 Å². The van der Waals surface area contributed by atoms with Gasteiger partial charge in [-0.2, -0.15) is 0 Å². The summed E-state index contributed by atoms with van der Waals surface area (Å²) in [5.74, 6) is 0. The summed E-state index contributed by atoms with van der Waals surface area (Å²) >= 11 is 0. The van der Waals surface area contributed by atoms with E-state index in [4.69, 9.17) is 0 Å². The summed E-state index contributed by atoms with van der Waals surface area (Å²) < 4.78 is 0. The minimum Gasteiger partial charge on any atom is -0.387 e. The molecule has 120 valence electrons. The van der Waals surface area contributed by atoms with Crippen molar-refractivity contribution in [3.63, 3.8) is 0 Å². The van der Waals surface area contributed by atoms with Crippen LogP contribution in [0.15, 0.2) is 12.1 Å². The first-order valence-corrected chi connectivity index (χ1v) is 8.40. The fraction of sp³-hybridized carbons (Fsp3) is 0.684. The molecule has 1 rings (SSSR count). The molecule has 2 heteroatoms. The second-order valence-electron chi connectivity index (χ2n) is 6.43. The molecule has 1 aromatic rings. The van der Waals surface area contributed by atoms with E-state index in [2.05, 4.69) is 58.6 Å². The number of aliphatic hydroxyl groups is 1. The highest BCUT2D eigenvalue weighted by atomic mass is 16.3. The molecular weight excluding hydrogens is 258 g/mol. The van der Waals surface area contributed by atoms with Crippen LogP contribution in [0.25, 0.3) is 0 Å². The van der Waals surface area contributed by atoms with Gasteiger partial charge in [-0.15, -0.1) is 0 Å². The summed E-state index contributed by atoms with van der Waals surface area (Å²) in [6.07, 6.45) is 3.13. The molecular formula is C19H33NO. The maximum Gasteiger partial charge on any atom is 0.0922 e. The molecule has 0 saturated carbocycles. The van der Waals surface area contributed by atoms with Crippen molar-refractivity contribution in [3.8, 4) is 0 Å². The van der Waals surface area contributed by atoms with Crippen LogP contribution in [-0.4, -0.2) is 29.1 Å². The van der Waals surface area contributed by atoms with Crippen LogP contribution in [0.2, 0.25) is 0 Å². The number of benzene rings is 1. The van der Waals surface area contributed by atoms with Crippen molar-refractivity contribution in [3.05, 3.63) is 34.4 Å². The Morgan fingerprint density at radius 3 is 2.14 bits per heavy atom. The van der Waals surface area contributed by atoms with Gasteiger partial charge in [0.2, 0.25) is 0 Å². The maximum absolute atomic E-state index is 10.7. The molecule has 0 aromatic heterocycles. The Morgan fingerprint density at radius 2 is 1.67 bits per heavy atom. The molecule has 0 radical (unpaired) electrons. The third-order valence-electron chi connectivity index (χ3n) is 4.49. The molecule has 1 N–H and O–H groups in total. The minimum atomic E-state index is -0.392. The SMILES string of the molecule is CCCCN(CC(O)c1c(C)cc(C)cc1C)C(C)CC. The third kappa shape index (κ3) is 5.12. The number of aryl methyl sites for hydroxylation is 3. The third-order valence-corrected chi connectivity index (χ3v) is 4.49. The Bertz CT molecular complexity index is 418. The number of nitrogens with zero attached hydrogens (tertiary/aromatic N) is 1. The van der Waals surface area contributed by atoms with E-state index in [0.717, 1.165) is 25.1 Å². The second-order valence-corrected chi connectivity index (χ2v) is 6.43. The molecule has 0 amide bonds. The monoisotopic (exact) mass is 291 g/mol. The first-order chi connectivity index (χ1) is 9.90. The lowest BCUT2D eigenvalue weighted by Crippen LogP contribution is -2.37. The molecule has 0 aliphatic heterocycles. The molecule has 0 aliphatic carbocycles. The van der Waals surface area contributed by atoms with Crippen LogP contribution in [0.4, 0.5) is 0 Å². The van der Waals surface area contributed by atoms with Crippen LogP contribution in [0.5, 0.6) is 0 Å². The summed E-state index contributed by atoms with van der Waals surface area (Å²) in [5.41, 5.74) is 4.80. The summed E-state index contributed by atoms with van der Waals surface area (Å²) in [6, 6.07) is 4.87. The van der Waals surface area contributed by atoms with E-state index in [9.17, 15) is 5.11 Å². The topological polar surface area (TPSA) is 23.5 Å². The van der Waals surface area contributed by atoms with Gasteiger partial charge in [0.25, 0.3) is 0 Å². The second kappa shape index (κ2) is 8.55. The van der Waals surface area contributed by atoms with E-state index in [1.807, 2.05) is 0 Å². The van der Waals surface area contributed by atoms with Gasteiger partial charge < -0.3 is 5.11 Å². The molecule has 2 unspecified atom stereocenters. The van der Waals surface area contributed by atoms with Crippen LogP contribution in [-0.2, 0) is 0 Å². The van der Waals surface area contributed by atoms with Crippen LogP contribution >= 0.6 is 0 Å². The number of hydrogen-bond donors (Lipinski definition) is 1. The van der Waals surface area contributed by atoms with E-state index >= 15 is 0 Å². The molecule has 0 saturated heterocycles. The van der Waals surface area contributed by atoms with Crippen molar-refractivity contribution in [1.82, 2.24) is 4.90 Å². The van der Waals surface area contributed by atoms with Crippen molar-refractivity contribution >= 4 is 0 Å². The predicted molar refractivity (Wildman–Crippen MR) is 91.8 cm³/mol. The lowest BCUT2D eigenvalue weighted by Gasteiger charge is -2.31. The standard InChI is InChI=1S/C19H33NO/c1-7-9-10-20(17(6)8-2)13-18(21)19-15(4)11-14(3)12-16(19)5/h11-12,17-18,21H,7-10,13H2,1-6H3. The van der Waals surface area contributed by atoms with Gasteiger partial charge in [-0.3, -0.25) is 4.90 Å². The van der Waals surface area contributed by atoms with Gasteiger partial charge in [0.05, 0.1) is 6.10 Å². The molecule has 2 nitrogen and oxygen atoms in total. The summed E-state index contributed by atoms with van der Waals surface area (Å²) in [6.45, 7) is 14.8. The van der Waals surface area contributed by atoms with Crippen LogP contribution in [0.3, 0.4) is 0 Å². The van der Waals surface area contributed by atoms with E-state index in [-0.39, 0.29) is 0 Å². The fourth-order valence-electron chi connectivity index (χ4n) is 3.14. The zero-order valence-electron chi connectivity index (χ0n) is 14.7. The minimum absolute atomic E-state index is 0.392. The van der Waals surface area contributed by atoms with E-state index < -0.39 is 6.10 Å². The lowest BCUT2D eigenvalue weighted by atomic mass is 9.95.